The van der Waals surface area contributed by atoms with Crippen LogP contribution >= 0.6 is 0 Å². The van der Waals surface area contributed by atoms with Crippen LogP contribution in [0.5, 0.6) is 0 Å². The van der Waals surface area contributed by atoms with Gasteiger partial charge in [-0.15, -0.1) is 0 Å². The molecule has 0 aliphatic carbocycles. The third-order valence-corrected chi connectivity index (χ3v) is 21.6. The molecule has 1 aliphatic heterocycles. The van der Waals surface area contributed by atoms with Crippen molar-refractivity contribution in [1.82, 2.24) is 9.13 Å². The van der Waals surface area contributed by atoms with Gasteiger partial charge in [0.2, 0.25) is 0 Å². The van der Waals surface area contributed by atoms with Crippen molar-refractivity contribution >= 4 is 16.5 Å². The molecule has 248 valence electrons. The Bertz CT molecular complexity index is 637. The molecule has 0 aromatic heterocycles. The van der Waals surface area contributed by atoms with Gasteiger partial charge in [0.1, 0.15) is 0 Å². The van der Waals surface area contributed by atoms with E-state index in [2.05, 4.69) is 78.4 Å². The second kappa shape index (κ2) is 22.1. The van der Waals surface area contributed by atoms with Crippen molar-refractivity contribution in [3.63, 3.8) is 0 Å². The van der Waals surface area contributed by atoms with E-state index in [1.807, 2.05) is 22.8 Å². The smallest absolute Gasteiger partial charge is 0.161 e. The lowest BCUT2D eigenvalue weighted by Gasteiger charge is -2.57. The molecule has 0 spiro atoms. The Morgan fingerprint density at radius 3 is 0.643 bits per heavy atom. The first kappa shape index (κ1) is 39.5. The van der Waals surface area contributed by atoms with Crippen molar-refractivity contribution < 1.29 is 0 Å². The van der Waals surface area contributed by atoms with Crippen LogP contribution < -0.4 is 0 Å². The van der Waals surface area contributed by atoms with Gasteiger partial charge in [-0.1, -0.05) is 133 Å². The molecule has 4 heteroatoms. The second-order valence-corrected chi connectivity index (χ2v) is 22.6. The molecule has 0 amide bonds. The molecule has 1 rings (SSSR count). The van der Waals surface area contributed by atoms with Crippen LogP contribution in [0.3, 0.4) is 0 Å². The summed E-state index contributed by atoms with van der Waals surface area (Å²) in [4.78, 5) is 0. The number of allylic oxidation sites excluding steroid dienone is 4. The maximum atomic E-state index is 3.30. The van der Waals surface area contributed by atoms with E-state index in [0.29, 0.717) is 0 Å². The van der Waals surface area contributed by atoms with E-state index >= 15 is 0 Å². The fourth-order valence-electron chi connectivity index (χ4n) is 8.60. The highest BCUT2D eigenvalue weighted by Gasteiger charge is 2.49. The van der Waals surface area contributed by atoms with Crippen LogP contribution in [0.25, 0.3) is 0 Å². The molecule has 1 aliphatic rings. The molecule has 0 saturated heterocycles. The SMILES string of the molecule is CCCCC1=C(CCCC)N([Si](CCC)(CCC)CCC)C(CCCC)=C(CCCC)N1[Si](CCC)(CCC)CCC. The molecule has 0 aromatic rings. The Hall–Kier alpha value is -0.486. The Morgan fingerprint density at radius 1 is 0.310 bits per heavy atom. The van der Waals surface area contributed by atoms with Crippen molar-refractivity contribution in [2.75, 3.05) is 0 Å². The van der Waals surface area contributed by atoms with Crippen LogP contribution in [0, 0.1) is 0 Å². The van der Waals surface area contributed by atoms with Crippen molar-refractivity contribution in [2.45, 2.75) is 221 Å². The summed E-state index contributed by atoms with van der Waals surface area (Å²) in [6.07, 6.45) is 23.9. The monoisotopic (exact) mass is 619 g/mol. The first-order valence-electron chi connectivity index (χ1n) is 19.4. The van der Waals surface area contributed by atoms with E-state index in [1.54, 1.807) is 0 Å². The molecule has 0 saturated carbocycles. The number of hydrogen-bond donors (Lipinski definition) is 0. The van der Waals surface area contributed by atoms with E-state index in [9.17, 15) is 0 Å². The van der Waals surface area contributed by atoms with Gasteiger partial charge in [-0.2, -0.15) is 0 Å². The molecular formula is C38H78N2Si2. The highest BCUT2D eigenvalue weighted by Crippen LogP contribution is 2.50. The molecule has 1 heterocycles. The minimum Gasteiger partial charge on any atom is -0.372 e. The first-order valence-corrected chi connectivity index (χ1v) is 24.6. The summed E-state index contributed by atoms with van der Waals surface area (Å²) >= 11 is 0. The topological polar surface area (TPSA) is 6.48 Å². The minimum absolute atomic E-state index is 1.31. The van der Waals surface area contributed by atoms with E-state index in [4.69, 9.17) is 0 Å². The third-order valence-electron chi connectivity index (χ3n) is 10.1. The Morgan fingerprint density at radius 2 is 0.500 bits per heavy atom. The van der Waals surface area contributed by atoms with Gasteiger partial charge in [-0.05, 0) is 87.6 Å². The summed E-state index contributed by atoms with van der Waals surface area (Å²) in [5, 5.41) is 0. The lowest BCUT2D eigenvalue weighted by atomic mass is 10.0. The normalized spacial score (nSPS) is 15.0. The molecular weight excluding hydrogens is 541 g/mol. The zero-order chi connectivity index (χ0) is 31.4. The van der Waals surface area contributed by atoms with E-state index < -0.39 is 16.5 Å². The van der Waals surface area contributed by atoms with E-state index in [0.717, 1.165) is 0 Å². The largest absolute Gasteiger partial charge is 0.372 e. The summed E-state index contributed by atoms with van der Waals surface area (Å²) in [5.74, 6) is 0. The van der Waals surface area contributed by atoms with Gasteiger partial charge in [0.25, 0.3) is 0 Å². The summed E-state index contributed by atoms with van der Waals surface area (Å²) in [5.41, 5.74) is 7.44. The van der Waals surface area contributed by atoms with Gasteiger partial charge in [0.05, 0.1) is 0 Å². The van der Waals surface area contributed by atoms with Crippen molar-refractivity contribution in [3.8, 4) is 0 Å². The molecule has 0 unspecified atom stereocenters. The average Bonchev–Trinajstić information content (AvgIpc) is 2.97. The fraction of sp³-hybridized carbons (Fsp3) is 0.895. The zero-order valence-electron chi connectivity index (χ0n) is 30.9. The van der Waals surface area contributed by atoms with Crippen molar-refractivity contribution in [3.05, 3.63) is 22.8 Å². The van der Waals surface area contributed by atoms with Crippen LogP contribution in [0.1, 0.15) is 185 Å². The minimum atomic E-state index is -1.72. The molecule has 42 heavy (non-hydrogen) atoms. The molecule has 0 fully saturated rings. The van der Waals surface area contributed by atoms with Crippen LogP contribution in [0.2, 0.25) is 36.3 Å². The van der Waals surface area contributed by atoms with Crippen molar-refractivity contribution in [1.29, 1.82) is 0 Å². The zero-order valence-corrected chi connectivity index (χ0v) is 32.9. The fourth-order valence-corrected chi connectivity index (χ4v) is 20.3. The van der Waals surface area contributed by atoms with E-state index in [-0.39, 0.29) is 0 Å². The van der Waals surface area contributed by atoms with E-state index in [1.165, 1.54) is 152 Å². The van der Waals surface area contributed by atoms with Gasteiger partial charge < -0.3 is 9.13 Å². The van der Waals surface area contributed by atoms with Gasteiger partial charge in [0, 0.05) is 22.8 Å². The second-order valence-electron chi connectivity index (χ2n) is 13.8. The van der Waals surface area contributed by atoms with Gasteiger partial charge in [-0.3, -0.25) is 0 Å². The highest BCUT2D eigenvalue weighted by atomic mass is 28.3. The highest BCUT2D eigenvalue weighted by molar-refractivity contribution is 6.79. The average molecular weight is 619 g/mol. The van der Waals surface area contributed by atoms with Crippen LogP contribution in [0.15, 0.2) is 22.8 Å². The van der Waals surface area contributed by atoms with Crippen LogP contribution in [-0.2, 0) is 0 Å². The third kappa shape index (κ3) is 10.3. The van der Waals surface area contributed by atoms with Gasteiger partial charge in [0.15, 0.2) is 16.5 Å². The number of nitrogens with zero attached hydrogens (tertiary/aromatic N) is 2. The summed E-state index contributed by atoms with van der Waals surface area (Å²) in [6.45, 7) is 24.7. The molecule has 0 atom stereocenters. The van der Waals surface area contributed by atoms with Gasteiger partial charge in [-0.25, -0.2) is 0 Å². The molecule has 2 nitrogen and oxygen atoms in total. The van der Waals surface area contributed by atoms with Crippen LogP contribution in [-0.4, -0.2) is 25.6 Å². The van der Waals surface area contributed by atoms with Gasteiger partial charge >= 0.3 is 0 Å². The Labute approximate surface area is 268 Å². The standard InChI is InChI=1S/C38H78N2Si2/c1-11-21-25-35-36(26-22-12-2)40(42(32-18-8,33-19-9)34-20-10)38(28-24-14-4)37(27-23-13-3)39(35)41(29-15-5,30-16-6)31-17-7/h11-34H2,1-10H3. The summed E-state index contributed by atoms with van der Waals surface area (Å²) in [7, 11) is -3.44. The summed E-state index contributed by atoms with van der Waals surface area (Å²) in [6, 6.07) is 8.85. The lowest BCUT2D eigenvalue weighted by molar-refractivity contribution is 0.396. The Kier molecular flexibility index (Phi) is 20.8. The maximum absolute atomic E-state index is 3.30. The molecule has 0 radical (unpaired) electrons. The number of rotatable bonds is 26. The predicted octanol–water partition coefficient (Wildman–Crippen LogP) is 14.1. The first-order chi connectivity index (χ1) is 20.4. The summed E-state index contributed by atoms with van der Waals surface area (Å²) < 4.78 is 6.59. The van der Waals surface area contributed by atoms with Crippen molar-refractivity contribution in [2.24, 2.45) is 0 Å². The molecule has 0 N–H and O–H groups in total. The lowest BCUT2D eigenvalue weighted by Crippen LogP contribution is -2.60. The predicted molar refractivity (Wildman–Crippen MR) is 198 cm³/mol. The maximum Gasteiger partial charge on any atom is 0.161 e. The Balaban J connectivity index is 4.41. The van der Waals surface area contributed by atoms with Crippen LogP contribution in [0.4, 0.5) is 0 Å². The number of hydrogen-bond acceptors (Lipinski definition) is 2. The molecule has 0 aromatic carbocycles. The quantitative estimate of drug-likeness (QED) is 0.0890. The molecule has 0 bridgehead atoms. The number of unbranched alkanes of at least 4 members (excludes halogenated alkanes) is 4.